The molecule has 0 aromatic rings. The second kappa shape index (κ2) is 4.57. The van der Waals surface area contributed by atoms with Crippen LogP contribution in [0.25, 0.3) is 0 Å². The molecule has 0 unspecified atom stereocenters. The predicted octanol–water partition coefficient (Wildman–Crippen LogP) is 1.04. The monoisotopic (exact) mass is 292 g/mol. The van der Waals surface area contributed by atoms with Crippen LogP contribution in [-0.4, -0.2) is 10.2 Å². The van der Waals surface area contributed by atoms with Gasteiger partial charge in [0.2, 0.25) is 0 Å². The van der Waals surface area contributed by atoms with Crippen molar-refractivity contribution >= 4 is 10.2 Å². The quantitative estimate of drug-likeness (QED) is 0.561. The summed E-state index contributed by atoms with van der Waals surface area (Å²) in [5.74, 6) is 0. The van der Waals surface area contributed by atoms with Gasteiger partial charge in [-0.15, -0.1) is 0 Å². The van der Waals surface area contributed by atoms with Gasteiger partial charge in [0.25, 0.3) is 0 Å². The normalized spacial score (nSPS) is 10.6. The fourth-order valence-corrected chi connectivity index (χ4v) is 0.985. The molecule has 0 atom stereocenters. The molecule has 0 amide bonds. The van der Waals surface area contributed by atoms with Crippen LogP contribution in [0.2, 0.25) is 0 Å². The fraction of sp³-hybridized carbons (Fsp3) is 0.143. The van der Waals surface area contributed by atoms with Gasteiger partial charge in [-0.2, -0.15) is 0 Å². The topological polar surface area (TPSA) is 17.1 Å². The second-order valence-corrected chi connectivity index (χ2v) is 3.31. The second-order valence-electron chi connectivity index (χ2n) is 1.61. The first-order valence-corrected chi connectivity index (χ1v) is 3.97. The van der Waals surface area contributed by atoms with E-state index < -0.39 is 0 Å². The van der Waals surface area contributed by atoms with Gasteiger partial charge in [0.1, 0.15) is 0 Å². The molecule has 0 rings (SSSR count). The van der Waals surface area contributed by atoms with E-state index >= 15 is 0 Å². The summed E-state index contributed by atoms with van der Waals surface area (Å²) in [6.45, 7) is 5.48. The summed E-state index contributed by atoms with van der Waals surface area (Å²) in [5, 5.41) is 0. The third-order valence-corrected chi connectivity index (χ3v) is 1.58. The molecule has 9 heavy (non-hydrogen) atoms. The standard InChI is InChI=1S/C7H8O.W/c1-3-7(2)5-4-6-8;/h3,5-6H,1H2,2H3;. The minimum atomic E-state index is 0.812. The van der Waals surface area contributed by atoms with Crippen LogP contribution < -0.4 is 0 Å². The van der Waals surface area contributed by atoms with E-state index in [0.29, 0.717) is 0 Å². The maximum absolute atomic E-state index is 10.1. The van der Waals surface area contributed by atoms with Gasteiger partial charge < -0.3 is 0 Å². The van der Waals surface area contributed by atoms with E-state index in [-0.39, 0.29) is 0 Å². The van der Waals surface area contributed by atoms with Crippen LogP contribution in [0.15, 0.2) is 24.3 Å². The van der Waals surface area contributed by atoms with Gasteiger partial charge in [-0.25, -0.2) is 0 Å². The Morgan fingerprint density at radius 1 is 1.67 bits per heavy atom. The number of hydrogen-bond donors (Lipinski definition) is 0. The predicted molar refractivity (Wildman–Crippen MR) is 35.0 cm³/mol. The molecule has 0 aromatic carbocycles. The zero-order valence-corrected chi connectivity index (χ0v) is 8.19. The Labute approximate surface area is 65.9 Å². The van der Waals surface area contributed by atoms with Gasteiger partial charge in [0, 0.05) is 0 Å². The maximum atomic E-state index is 10.1. The summed E-state index contributed by atoms with van der Waals surface area (Å²) in [6, 6.07) is 0. The van der Waals surface area contributed by atoms with Crippen molar-refractivity contribution < 1.29 is 24.1 Å². The van der Waals surface area contributed by atoms with Crippen LogP contribution in [-0.2, 0) is 24.1 Å². The zero-order chi connectivity index (χ0) is 7.28. The first kappa shape index (κ1) is 8.71. The van der Waals surface area contributed by atoms with Gasteiger partial charge in [-0.05, 0) is 0 Å². The fourth-order valence-electron chi connectivity index (χ4n) is 0.317. The summed E-state index contributed by atoms with van der Waals surface area (Å²) in [6.07, 6.45) is 4.42. The van der Waals surface area contributed by atoms with E-state index in [9.17, 15) is 4.79 Å². The molecular weight excluding hydrogens is 284 g/mol. The van der Waals surface area contributed by atoms with E-state index in [1.54, 1.807) is 6.08 Å². The van der Waals surface area contributed by atoms with Crippen molar-refractivity contribution in [2.24, 2.45) is 0 Å². The Kier molecular flexibility index (Phi) is 4.43. The Morgan fingerprint density at radius 2 is 2.22 bits per heavy atom. The molecule has 2 heteroatoms. The molecule has 1 nitrogen and oxygen atoms in total. The Bertz CT molecular complexity index is 168. The summed E-state index contributed by atoms with van der Waals surface area (Å²) >= 11 is 1.20. The van der Waals surface area contributed by atoms with Gasteiger partial charge in [-0.1, -0.05) is 0 Å². The number of carbonyl (C=O) groups is 1. The summed E-state index contributed by atoms with van der Waals surface area (Å²) < 4.78 is 0.812. The number of hydrogen-bond acceptors (Lipinski definition) is 1. The average Bonchev–Trinajstić information content (AvgIpc) is 1.87. The molecule has 0 spiro atoms. The van der Waals surface area contributed by atoms with Crippen LogP contribution in [0.3, 0.4) is 0 Å². The van der Waals surface area contributed by atoms with Crippen molar-refractivity contribution in [1.82, 2.24) is 0 Å². The summed E-state index contributed by atoms with van der Waals surface area (Å²) in [5.41, 5.74) is 1.03. The van der Waals surface area contributed by atoms with E-state index in [4.69, 9.17) is 0 Å². The number of aldehydes is 1. The molecule has 0 saturated carbocycles. The van der Waals surface area contributed by atoms with Gasteiger partial charge in [-0.3, -0.25) is 0 Å². The molecule has 0 saturated heterocycles. The van der Waals surface area contributed by atoms with Crippen LogP contribution in [0, 0.1) is 0 Å². The van der Waals surface area contributed by atoms with Gasteiger partial charge in [0.15, 0.2) is 0 Å². The van der Waals surface area contributed by atoms with Crippen molar-refractivity contribution in [2.75, 3.05) is 0 Å². The Hall–Kier alpha value is -0.292. The van der Waals surface area contributed by atoms with E-state index in [1.807, 2.05) is 13.0 Å². The molecule has 0 aliphatic heterocycles. The van der Waals surface area contributed by atoms with Gasteiger partial charge >= 0.3 is 65.6 Å². The summed E-state index contributed by atoms with van der Waals surface area (Å²) in [4.78, 5) is 10.1. The molecule has 0 aliphatic carbocycles. The van der Waals surface area contributed by atoms with Crippen LogP contribution in [0.1, 0.15) is 6.92 Å². The molecule has 0 aromatic heterocycles. The molecule has 0 heterocycles. The number of carbonyl (C=O) groups excluding carboxylic acids is 1. The first-order valence-electron chi connectivity index (χ1n) is 2.50. The number of allylic oxidation sites excluding steroid dienone is 3. The Morgan fingerprint density at radius 3 is 2.56 bits per heavy atom. The SMILES string of the molecule is C=CC(C)=C[C](=[W])C=O. The van der Waals surface area contributed by atoms with E-state index in [0.717, 1.165) is 15.8 Å². The Balaban J connectivity index is 4.10. The number of rotatable bonds is 3. The minimum absolute atomic E-state index is 0.812. The van der Waals surface area contributed by atoms with Crippen molar-refractivity contribution in [2.45, 2.75) is 6.92 Å². The molecule has 0 N–H and O–H groups in total. The molecule has 48 valence electrons. The molecule has 0 radical (unpaired) electrons. The first-order chi connectivity index (χ1) is 4.20. The molecule has 0 fully saturated rings. The zero-order valence-electron chi connectivity index (χ0n) is 5.26. The van der Waals surface area contributed by atoms with E-state index in [2.05, 4.69) is 6.58 Å². The van der Waals surface area contributed by atoms with Crippen molar-refractivity contribution in [1.29, 1.82) is 0 Å². The molecular formula is C7H8OW. The third kappa shape index (κ3) is 4.23. The summed E-state index contributed by atoms with van der Waals surface area (Å²) in [7, 11) is 0. The molecule has 0 aliphatic rings. The van der Waals surface area contributed by atoms with E-state index in [1.165, 1.54) is 19.4 Å². The molecule has 0 bridgehead atoms. The van der Waals surface area contributed by atoms with Crippen molar-refractivity contribution in [3.63, 3.8) is 0 Å². The third-order valence-electron chi connectivity index (χ3n) is 0.808. The van der Waals surface area contributed by atoms with Crippen LogP contribution in [0.4, 0.5) is 0 Å². The average molecular weight is 292 g/mol. The van der Waals surface area contributed by atoms with Crippen molar-refractivity contribution in [3.8, 4) is 0 Å². The van der Waals surface area contributed by atoms with Crippen LogP contribution >= 0.6 is 0 Å². The van der Waals surface area contributed by atoms with Crippen molar-refractivity contribution in [3.05, 3.63) is 24.3 Å². The van der Waals surface area contributed by atoms with Gasteiger partial charge in [0.05, 0.1) is 0 Å². The van der Waals surface area contributed by atoms with Crippen LogP contribution in [0.5, 0.6) is 0 Å².